The van der Waals surface area contributed by atoms with Gasteiger partial charge >= 0.3 is 24.2 Å². The van der Waals surface area contributed by atoms with Gasteiger partial charge in [-0.2, -0.15) is 0 Å². The minimum Gasteiger partial charge on any atom is -0.459 e. The number of likely N-dealkylation sites (tertiary alicyclic amines) is 2. The molecule has 2 fully saturated rings. The van der Waals surface area contributed by atoms with Crippen molar-refractivity contribution in [2.24, 2.45) is 0 Å². The topological polar surface area (TPSA) is 231 Å². The van der Waals surface area contributed by atoms with Crippen LogP contribution in [0.15, 0.2) is 152 Å². The molecule has 5 aromatic rings. The summed E-state index contributed by atoms with van der Waals surface area (Å²) in [6.45, 7) is 6.94. The molecular formula is C64H77N7O12. The molecular weight excluding hydrogens is 1060 g/mol. The van der Waals surface area contributed by atoms with E-state index >= 15 is 4.79 Å². The fourth-order valence-electron chi connectivity index (χ4n) is 10.1. The van der Waals surface area contributed by atoms with Gasteiger partial charge in [0.2, 0.25) is 23.6 Å². The van der Waals surface area contributed by atoms with Gasteiger partial charge in [-0.3, -0.25) is 24.1 Å². The van der Waals surface area contributed by atoms with Crippen LogP contribution in [0.3, 0.4) is 0 Å². The summed E-state index contributed by atoms with van der Waals surface area (Å²) in [5.41, 5.74) is 1.58. The van der Waals surface area contributed by atoms with E-state index in [4.69, 9.17) is 18.9 Å². The van der Waals surface area contributed by atoms with E-state index in [1.807, 2.05) is 140 Å². The molecule has 4 N–H and O–H groups in total. The number of ether oxygens (including phenoxy) is 4. The number of esters is 1. The van der Waals surface area contributed by atoms with Gasteiger partial charge in [0, 0.05) is 38.6 Å². The van der Waals surface area contributed by atoms with E-state index in [0.29, 0.717) is 19.3 Å². The van der Waals surface area contributed by atoms with Gasteiger partial charge in [-0.1, -0.05) is 152 Å². The van der Waals surface area contributed by atoms with Crippen molar-refractivity contribution in [2.45, 2.75) is 134 Å². The van der Waals surface area contributed by atoms with Crippen LogP contribution < -0.4 is 21.3 Å². The second-order valence-electron chi connectivity index (χ2n) is 22.0. The van der Waals surface area contributed by atoms with Crippen LogP contribution in [-0.2, 0) is 75.6 Å². The lowest BCUT2D eigenvalue weighted by Gasteiger charge is -2.42. The number of piperidine rings is 1. The quantitative estimate of drug-likeness (QED) is 0.0249. The molecule has 440 valence electrons. The maximum atomic E-state index is 15.1. The van der Waals surface area contributed by atoms with E-state index in [-0.39, 0.29) is 78.1 Å². The fourth-order valence-corrected chi connectivity index (χ4v) is 10.1. The molecule has 2 aliphatic rings. The first-order chi connectivity index (χ1) is 39.9. The lowest BCUT2D eigenvalue weighted by atomic mass is 9.87. The number of rotatable bonds is 25. The van der Waals surface area contributed by atoms with Crippen molar-refractivity contribution in [3.63, 3.8) is 0 Å². The molecule has 5 aromatic carbocycles. The number of amides is 7. The molecule has 4 atom stereocenters. The zero-order valence-corrected chi connectivity index (χ0v) is 47.8. The Kier molecular flexibility index (Phi) is 22.6. The Morgan fingerprint density at radius 3 is 1.71 bits per heavy atom. The number of hydrogen-bond donors (Lipinski definition) is 4. The number of nitrogens with zero attached hydrogens (tertiary/aromatic N) is 3. The molecule has 0 saturated carbocycles. The first-order valence-corrected chi connectivity index (χ1v) is 28.4. The summed E-state index contributed by atoms with van der Waals surface area (Å²) in [4.78, 5) is 117. The van der Waals surface area contributed by atoms with Crippen molar-refractivity contribution in [2.75, 3.05) is 32.7 Å². The largest absolute Gasteiger partial charge is 0.459 e. The molecule has 2 heterocycles. The summed E-state index contributed by atoms with van der Waals surface area (Å²) in [6, 6.07) is 42.2. The summed E-state index contributed by atoms with van der Waals surface area (Å²) < 4.78 is 22.4. The number of unbranched alkanes of at least 4 members (excludes halogenated alkanes) is 1. The molecule has 0 aromatic heterocycles. The van der Waals surface area contributed by atoms with E-state index in [1.54, 1.807) is 44.7 Å². The Bertz CT molecular complexity index is 2920. The first kappa shape index (κ1) is 61.9. The molecule has 2 aliphatic heterocycles. The zero-order chi connectivity index (χ0) is 59.2. The van der Waals surface area contributed by atoms with Crippen molar-refractivity contribution in [3.05, 3.63) is 179 Å². The van der Waals surface area contributed by atoms with E-state index < -0.39 is 89.7 Å². The molecule has 83 heavy (non-hydrogen) atoms. The van der Waals surface area contributed by atoms with Crippen molar-refractivity contribution < 1.29 is 57.3 Å². The smallest absolute Gasteiger partial charge is 0.410 e. The highest BCUT2D eigenvalue weighted by Crippen LogP contribution is 2.30. The van der Waals surface area contributed by atoms with Crippen LogP contribution in [0.25, 0.3) is 0 Å². The van der Waals surface area contributed by atoms with Crippen molar-refractivity contribution >= 4 is 47.9 Å². The number of carbonyl (C=O) groups excluding carboxylic acids is 8. The molecule has 0 radical (unpaired) electrons. The van der Waals surface area contributed by atoms with Gasteiger partial charge in [0.15, 0.2) is 0 Å². The summed E-state index contributed by atoms with van der Waals surface area (Å²) >= 11 is 0. The Balaban J connectivity index is 1.06. The van der Waals surface area contributed by atoms with Crippen LogP contribution in [0.4, 0.5) is 14.4 Å². The van der Waals surface area contributed by atoms with Crippen LogP contribution >= 0.6 is 0 Å². The molecule has 0 bridgehead atoms. The predicted molar refractivity (Wildman–Crippen MR) is 310 cm³/mol. The zero-order valence-electron chi connectivity index (χ0n) is 47.8. The van der Waals surface area contributed by atoms with Crippen LogP contribution in [-0.4, -0.2) is 131 Å². The van der Waals surface area contributed by atoms with Crippen molar-refractivity contribution in [3.8, 4) is 0 Å². The summed E-state index contributed by atoms with van der Waals surface area (Å²) in [5.74, 6) is -2.86. The normalized spacial score (nSPS) is 16.3. The van der Waals surface area contributed by atoms with E-state index in [0.717, 1.165) is 27.8 Å². The van der Waals surface area contributed by atoms with Gasteiger partial charge in [-0.05, 0) is 100 Å². The number of hydrogen-bond acceptors (Lipinski definition) is 12. The predicted octanol–water partition coefficient (Wildman–Crippen LogP) is 7.80. The summed E-state index contributed by atoms with van der Waals surface area (Å²) in [6.07, 6.45) is -0.595. The van der Waals surface area contributed by atoms with Crippen LogP contribution in [0.5, 0.6) is 0 Å². The monoisotopic (exact) mass is 1140 g/mol. The molecule has 7 rings (SSSR count). The summed E-state index contributed by atoms with van der Waals surface area (Å²) in [5, 5.41) is 11.3. The van der Waals surface area contributed by atoms with Crippen LogP contribution in [0.1, 0.15) is 94.0 Å². The van der Waals surface area contributed by atoms with Crippen molar-refractivity contribution in [1.29, 1.82) is 0 Å². The van der Waals surface area contributed by atoms with Crippen LogP contribution in [0, 0.1) is 0 Å². The third-order valence-corrected chi connectivity index (χ3v) is 14.4. The van der Waals surface area contributed by atoms with E-state index in [9.17, 15) is 33.6 Å². The second-order valence-corrected chi connectivity index (χ2v) is 22.0. The highest BCUT2D eigenvalue weighted by atomic mass is 16.6. The fraction of sp³-hybridized carbons (Fsp3) is 0.406. The average molecular weight is 1140 g/mol. The molecule has 0 spiro atoms. The number of alkyl carbamates (subject to hydrolysis) is 2. The van der Waals surface area contributed by atoms with Gasteiger partial charge in [0.25, 0.3) is 0 Å². The Morgan fingerprint density at radius 2 is 1.17 bits per heavy atom. The van der Waals surface area contributed by atoms with Gasteiger partial charge in [-0.15, -0.1) is 0 Å². The Morgan fingerprint density at radius 1 is 0.663 bits per heavy atom. The van der Waals surface area contributed by atoms with Gasteiger partial charge in [0.05, 0.1) is 0 Å². The first-order valence-electron chi connectivity index (χ1n) is 28.4. The number of carbonyl (C=O) groups is 8. The van der Waals surface area contributed by atoms with Crippen LogP contribution in [0.2, 0.25) is 0 Å². The van der Waals surface area contributed by atoms with Gasteiger partial charge < -0.3 is 50.0 Å². The third kappa shape index (κ3) is 19.2. The average Bonchev–Trinajstić information content (AvgIpc) is 3.83. The van der Waals surface area contributed by atoms with Gasteiger partial charge in [0.1, 0.15) is 55.6 Å². The maximum absolute atomic E-state index is 15.1. The number of benzene rings is 5. The lowest BCUT2D eigenvalue weighted by Crippen LogP contribution is -2.63. The molecule has 0 aliphatic carbocycles. The highest BCUT2D eigenvalue weighted by Gasteiger charge is 2.49. The molecule has 2 saturated heterocycles. The third-order valence-electron chi connectivity index (χ3n) is 14.4. The maximum Gasteiger partial charge on any atom is 0.410 e. The standard InChI is InChI=1S/C64H77N7O12/c1-46-40-53(67-56(73)52(41-48-24-12-6-13-25-48)66-55(72)42-70(62(79)83-63(2,3)4)37-33-47-22-10-5-11-23-47)57(74)71(46)54(32-20-21-36-65-60(77)81-44-50-28-16-8-17-29-50)58(75)69-38-34-64(35-39-69,59(76)80-43-49-26-14-7-15-27-49)68-61(78)82-45-51-30-18-9-19-31-51/h5-19,22-31,46,52-54H,20-21,32-45H2,1-4H3,(H,65,77)(H,66,72)(H,67,73)(H,68,78)/t46?,52?,53-,54-/m1/s1. The van der Waals surface area contributed by atoms with E-state index in [2.05, 4.69) is 21.3 Å². The van der Waals surface area contributed by atoms with Crippen molar-refractivity contribution in [1.82, 2.24) is 36.0 Å². The SMILES string of the molecule is CC1C[C@@H](NC(=O)C(Cc2ccccc2)NC(=O)CN(CCc2ccccc2)C(=O)OC(C)(C)C)C(=O)N1[C@H](CCCCNC(=O)OCc1ccccc1)C(=O)N1CCC(NC(=O)OCc2ccccc2)(C(=O)OCc2ccccc2)CC1. The highest BCUT2D eigenvalue weighted by molar-refractivity contribution is 5.96. The summed E-state index contributed by atoms with van der Waals surface area (Å²) in [7, 11) is 0. The molecule has 7 amide bonds. The second kappa shape index (κ2) is 30.4. The molecule has 19 heteroatoms. The van der Waals surface area contributed by atoms with E-state index in [1.165, 1.54) is 9.80 Å². The van der Waals surface area contributed by atoms with Gasteiger partial charge in [-0.25, -0.2) is 19.2 Å². The minimum absolute atomic E-state index is 0.00139. The molecule has 19 nitrogen and oxygen atoms in total. The molecule has 2 unspecified atom stereocenters. The number of nitrogens with one attached hydrogen (secondary N) is 4. The lowest BCUT2D eigenvalue weighted by molar-refractivity contribution is -0.157. The Labute approximate surface area is 485 Å². The minimum atomic E-state index is -1.57. The Hall–Kier alpha value is -8.74.